The number of hydrogen-bond acceptors (Lipinski definition) is 5. The molecule has 0 saturated carbocycles. The average molecular weight is 340 g/mol. The van der Waals surface area contributed by atoms with Gasteiger partial charge < -0.3 is 19.5 Å². The normalized spacial score (nSPS) is 17.7. The first-order valence-electron chi connectivity index (χ1n) is 8.53. The van der Waals surface area contributed by atoms with E-state index in [1.54, 1.807) is 18.5 Å². The topological polar surface area (TPSA) is 78.7 Å². The molecule has 7 heteroatoms. The van der Waals surface area contributed by atoms with Crippen LogP contribution in [-0.2, 0) is 17.8 Å². The van der Waals surface area contributed by atoms with Gasteiger partial charge in [0, 0.05) is 50.0 Å². The van der Waals surface area contributed by atoms with Crippen molar-refractivity contribution in [2.45, 2.75) is 19.4 Å². The zero-order valence-corrected chi connectivity index (χ0v) is 13.9. The van der Waals surface area contributed by atoms with Crippen LogP contribution in [0, 0.1) is 0 Å². The third-order valence-electron chi connectivity index (χ3n) is 4.68. The van der Waals surface area contributed by atoms with Crippen LogP contribution in [-0.4, -0.2) is 47.9 Å². The van der Waals surface area contributed by atoms with E-state index in [2.05, 4.69) is 10.3 Å². The fourth-order valence-corrected chi connectivity index (χ4v) is 3.37. The van der Waals surface area contributed by atoms with Gasteiger partial charge in [0.1, 0.15) is 11.5 Å². The van der Waals surface area contributed by atoms with E-state index in [-0.39, 0.29) is 11.8 Å². The summed E-state index contributed by atoms with van der Waals surface area (Å²) < 4.78 is 5.48. The molecule has 4 rings (SSSR count). The Morgan fingerprint density at radius 1 is 1.24 bits per heavy atom. The second-order valence-corrected chi connectivity index (χ2v) is 6.37. The maximum absolute atomic E-state index is 12.9. The van der Waals surface area contributed by atoms with Crippen LogP contribution in [0.15, 0.2) is 35.1 Å². The van der Waals surface area contributed by atoms with E-state index in [0.717, 1.165) is 36.4 Å². The van der Waals surface area contributed by atoms with Gasteiger partial charge in [0.05, 0.1) is 12.8 Å². The zero-order valence-electron chi connectivity index (χ0n) is 13.9. The number of nitrogens with one attached hydrogen (secondary N) is 1. The molecule has 4 heterocycles. The Bertz CT molecular complexity index is 801. The van der Waals surface area contributed by atoms with Crippen LogP contribution < -0.4 is 10.2 Å². The van der Waals surface area contributed by atoms with Crippen molar-refractivity contribution < 1.29 is 14.0 Å². The molecule has 2 aromatic rings. The molecule has 0 bridgehead atoms. The number of aryl methyl sites for hydroxylation is 1. The molecule has 7 nitrogen and oxygen atoms in total. The van der Waals surface area contributed by atoms with E-state index in [4.69, 9.17) is 4.42 Å². The Morgan fingerprint density at radius 2 is 2.16 bits per heavy atom. The number of hydrogen-bond donors (Lipinski definition) is 1. The number of pyridine rings is 1. The third kappa shape index (κ3) is 3.22. The van der Waals surface area contributed by atoms with Crippen LogP contribution in [0.25, 0.3) is 0 Å². The highest BCUT2D eigenvalue weighted by atomic mass is 16.3. The zero-order chi connectivity index (χ0) is 17.2. The van der Waals surface area contributed by atoms with E-state index >= 15 is 0 Å². The monoisotopic (exact) mass is 340 g/mol. The Kier molecular flexibility index (Phi) is 4.13. The number of rotatable bonds is 2. The highest BCUT2D eigenvalue weighted by molar-refractivity contribution is 5.93. The predicted molar refractivity (Wildman–Crippen MR) is 91.2 cm³/mol. The van der Waals surface area contributed by atoms with Gasteiger partial charge in [-0.1, -0.05) is 0 Å². The van der Waals surface area contributed by atoms with Crippen molar-refractivity contribution in [3.8, 4) is 0 Å². The molecule has 0 atom stereocenters. The molecule has 2 aliphatic rings. The summed E-state index contributed by atoms with van der Waals surface area (Å²) in [6.07, 6.45) is 5.04. The number of carbonyl (C=O) groups excluding carboxylic acids is 2. The molecule has 2 aromatic heterocycles. The van der Waals surface area contributed by atoms with Crippen molar-refractivity contribution >= 4 is 17.5 Å². The molecule has 1 fully saturated rings. The van der Waals surface area contributed by atoms with Crippen molar-refractivity contribution in [2.75, 3.05) is 31.1 Å². The van der Waals surface area contributed by atoms with Gasteiger partial charge in [-0.15, -0.1) is 0 Å². The average Bonchev–Trinajstić information content (AvgIpc) is 2.98. The Morgan fingerprint density at radius 3 is 3.04 bits per heavy atom. The molecule has 0 aromatic carbocycles. The largest absolute Gasteiger partial charge is 0.469 e. The van der Waals surface area contributed by atoms with E-state index < -0.39 is 0 Å². The fourth-order valence-electron chi connectivity index (χ4n) is 3.37. The minimum Gasteiger partial charge on any atom is -0.469 e. The van der Waals surface area contributed by atoms with Crippen molar-refractivity contribution in [1.82, 2.24) is 15.2 Å². The SMILES string of the molecule is O=C1CN(c2ccnc(C(=O)N3CCCc4occc4C3)c2)CCN1. The fraction of sp³-hybridized carbons (Fsp3) is 0.389. The van der Waals surface area contributed by atoms with Crippen LogP contribution >= 0.6 is 0 Å². The van der Waals surface area contributed by atoms with Crippen LogP contribution in [0.2, 0.25) is 0 Å². The van der Waals surface area contributed by atoms with Gasteiger partial charge in [-0.25, -0.2) is 0 Å². The lowest BCUT2D eigenvalue weighted by Gasteiger charge is -2.29. The van der Waals surface area contributed by atoms with Crippen molar-refractivity contribution in [2.24, 2.45) is 0 Å². The molecule has 25 heavy (non-hydrogen) atoms. The highest BCUT2D eigenvalue weighted by Crippen LogP contribution is 2.22. The molecule has 1 saturated heterocycles. The van der Waals surface area contributed by atoms with Gasteiger partial charge in [0.15, 0.2) is 0 Å². The Hall–Kier alpha value is -2.83. The van der Waals surface area contributed by atoms with E-state index in [9.17, 15) is 9.59 Å². The summed E-state index contributed by atoms with van der Waals surface area (Å²) in [7, 11) is 0. The molecule has 1 N–H and O–H groups in total. The van der Waals surface area contributed by atoms with Gasteiger partial charge in [-0.2, -0.15) is 0 Å². The summed E-state index contributed by atoms with van der Waals surface area (Å²) in [5, 5.41) is 2.80. The lowest BCUT2D eigenvalue weighted by atomic mass is 10.2. The quantitative estimate of drug-likeness (QED) is 0.889. The predicted octanol–water partition coefficient (Wildman–Crippen LogP) is 1.20. The first kappa shape index (κ1) is 15.7. The summed E-state index contributed by atoms with van der Waals surface area (Å²) in [5.74, 6) is 0.879. The smallest absolute Gasteiger partial charge is 0.272 e. The first-order chi connectivity index (χ1) is 12.2. The Labute approximate surface area is 145 Å². The molecule has 0 spiro atoms. The molecule has 130 valence electrons. The molecule has 0 radical (unpaired) electrons. The van der Waals surface area contributed by atoms with E-state index in [1.807, 2.05) is 21.9 Å². The standard InChI is InChI=1S/C18H20N4O3/c23-17-12-21(8-6-20-17)14-3-5-19-15(10-14)18(24)22-7-1-2-16-13(11-22)4-9-25-16/h3-5,9-10H,1-2,6-8,11-12H2,(H,20,23). The number of carbonyl (C=O) groups is 2. The van der Waals surface area contributed by atoms with Crippen LogP contribution in [0.4, 0.5) is 5.69 Å². The number of furan rings is 1. The van der Waals surface area contributed by atoms with Crippen molar-refractivity contribution in [3.63, 3.8) is 0 Å². The van der Waals surface area contributed by atoms with Gasteiger partial charge in [-0.05, 0) is 24.6 Å². The molecular weight excluding hydrogens is 320 g/mol. The number of piperazine rings is 1. The number of amides is 2. The lowest BCUT2D eigenvalue weighted by molar-refractivity contribution is -0.120. The Balaban J connectivity index is 1.54. The minimum absolute atomic E-state index is 0.00376. The summed E-state index contributed by atoms with van der Waals surface area (Å²) in [5.41, 5.74) is 2.33. The maximum Gasteiger partial charge on any atom is 0.272 e. The number of nitrogens with zero attached hydrogens (tertiary/aromatic N) is 3. The lowest BCUT2D eigenvalue weighted by Crippen LogP contribution is -2.47. The van der Waals surface area contributed by atoms with Crippen LogP contribution in [0.1, 0.15) is 28.2 Å². The van der Waals surface area contributed by atoms with E-state index in [0.29, 0.717) is 31.9 Å². The number of aromatic nitrogens is 1. The van der Waals surface area contributed by atoms with Gasteiger partial charge >= 0.3 is 0 Å². The second kappa shape index (κ2) is 6.58. The maximum atomic E-state index is 12.9. The molecule has 2 amide bonds. The third-order valence-corrected chi connectivity index (χ3v) is 4.68. The van der Waals surface area contributed by atoms with Crippen molar-refractivity contribution in [3.05, 3.63) is 47.7 Å². The molecule has 2 aliphatic heterocycles. The summed E-state index contributed by atoms with van der Waals surface area (Å²) in [6, 6.07) is 5.55. The van der Waals surface area contributed by atoms with Crippen LogP contribution in [0.3, 0.4) is 0 Å². The molecule has 0 unspecified atom stereocenters. The highest BCUT2D eigenvalue weighted by Gasteiger charge is 2.24. The molecule has 0 aliphatic carbocycles. The summed E-state index contributed by atoms with van der Waals surface area (Å²) in [6.45, 7) is 2.87. The van der Waals surface area contributed by atoms with E-state index in [1.165, 1.54) is 0 Å². The number of fused-ring (bicyclic) bond motifs is 1. The van der Waals surface area contributed by atoms with Gasteiger partial charge in [0.2, 0.25) is 5.91 Å². The van der Waals surface area contributed by atoms with Gasteiger partial charge in [-0.3, -0.25) is 14.6 Å². The molecular formula is C18H20N4O3. The van der Waals surface area contributed by atoms with Crippen LogP contribution in [0.5, 0.6) is 0 Å². The van der Waals surface area contributed by atoms with Gasteiger partial charge in [0.25, 0.3) is 5.91 Å². The summed E-state index contributed by atoms with van der Waals surface area (Å²) in [4.78, 5) is 32.6. The number of anilines is 1. The van der Waals surface area contributed by atoms with Crippen molar-refractivity contribution in [1.29, 1.82) is 0 Å². The second-order valence-electron chi connectivity index (χ2n) is 6.37. The minimum atomic E-state index is -0.0858. The summed E-state index contributed by atoms with van der Waals surface area (Å²) >= 11 is 0. The first-order valence-corrected chi connectivity index (χ1v) is 8.53.